The maximum atomic E-state index is 12.2. The van der Waals surface area contributed by atoms with E-state index in [0.29, 0.717) is 5.92 Å². The van der Waals surface area contributed by atoms with Crippen molar-refractivity contribution in [2.45, 2.75) is 32.3 Å². The first kappa shape index (κ1) is 11.9. The van der Waals surface area contributed by atoms with Gasteiger partial charge in [-0.2, -0.15) is 0 Å². The summed E-state index contributed by atoms with van der Waals surface area (Å²) in [5.41, 5.74) is 0. The molecule has 2 atom stereocenters. The number of likely N-dealkylation sites (tertiary alicyclic amines) is 1. The Kier molecular flexibility index (Phi) is 3.82. The van der Waals surface area contributed by atoms with Gasteiger partial charge in [0.2, 0.25) is 5.91 Å². The van der Waals surface area contributed by atoms with Crippen LogP contribution in [0.3, 0.4) is 0 Å². The largest absolute Gasteiger partial charge is 0.393 e. The van der Waals surface area contributed by atoms with Gasteiger partial charge in [-0.3, -0.25) is 4.79 Å². The lowest BCUT2D eigenvalue weighted by Gasteiger charge is -2.35. The summed E-state index contributed by atoms with van der Waals surface area (Å²) in [5.74, 6) is 1.03. The van der Waals surface area contributed by atoms with E-state index in [1.165, 1.54) is 0 Å². The zero-order valence-corrected chi connectivity index (χ0v) is 9.98. The summed E-state index contributed by atoms with van der Waals surface area (Å²) < 4.78 is 0. The van der Waals surface area contributed by atoms with Gasteiger partial charge in [0.05, 0.1) is 12.0 Å². The third kappa shape index (κ3) is 2.74. The van der Waals surface area contributed by atoms with Gasteiger partial charge in [0.1, 0.15) is 0 Å². The predicted octanol–water partition coefficient (Wildman–Crippen LogP) is 0.215. The minimum atomic E-state index is -0.201. The molecule has 16 heavy (non-hydrogen) atoms. The molecule has 0 saturated carbocycles. The van der Waals surface area contributed by atoms with E-state index in [2.05, 4.69) is 12.2 Å². The Balaban J connectivity index is 1.86. The molecular weight excluding hydrogens is 204 g/mol. The van der Waals surface area contributed by atoms with Crippen molar-refractivity contribution in [2.75, 3.05) is 26.2 Å². The molecule has 2 N–H and O–H groups in total. The SMILES string of the molecule is CC1CNCC(C(=O)N2CCC(O)CC2)C1. The van der Waals surface area contributed by atoms with Crippen LogP contribution in [0.1, 0.15) is 26.2 Å². The van der Waals surface area contributed by atoms with Gasteiger partial charge in [-0.25, -0.2) is 0 Å². The van der Waals surface area contributed by atoms with E-state index in [4.69, 9.17) is 0 Å². The van der Waals surface area contributed by atoms with Crippen LogP contribution in [0.25, 0.3) is 0 Å². The third-order valence-corrected chi connectivity index (χ3v) is 3.70. The van der Waals surface area contributed by atoms with E-state index < -0.39 is 0 Å². The molecule has 92 valence electrons. The number of hydrogen-bond acceptors (Lipinski definition) is 3. The van der Waals surface area contributed by atoms with Crippen molar-refractivity contribution in [3.8, 4) is 0 Å². The zero-order valence-electron chi connectivity index (χ0n) is 9.98. The van der Waals surface area contributed by atoms with Crippen LogP contribution >= 0.6 is 0 Å². The Morgan fingerprint density at radius 2 is 2.00 bits per heavy atom. The first-order valence-electron chi connectivity index (χ1n) is 6.34. The summed E-state index contributed by atoms with van der Waals surface area (Å²) in [5, 5.41) is 12.7. The van der Waals surface area contributed by atoms with E-state index in [1.54, 1.807) is 0 Å². The lowest BCUT2D eigenvalue weighted by molar-refractivity contribution is -0.138. The second-order valence-electron chi connectivity index (χ2n) is 5.25. The van der Waals surface area contributed by atoms with Gasteiger partial charge in [-0.05, 0) is 31.7 Å². The number of rotatable bonds is 1. The monoisotopic (exact) mass is 226 g/mol. The summed E-state index contributed by atoms with van der Waals surface area (Å²) in [6.07, 6.45) is 2.28. The lowest BCUT2D eigenvalue weighted by atomic mass is 9.90. The molecule has 0 aromatic rings. The molecule has 0 radical (unpaired) electrons. The minimum absolute atomic E-state index is 0.152. The number of aliphatic hydroxyl groups is 1. The number of hydrogen-bond donors (Lipinski definition) is 2. The maximum Gasteiger partial charge on any atom is 0.226 e. The van der Waals surface area contributed by atoms with Crippen LogP contribution in [0.4, 0.5) is 0 Å². The van der Waals surface area contributed by atoms with Crippen molar-refractivity contribution in [3.63, 3.8) is 0 Å². The van der Waals surface area contributed by atoms with Crippen LogP contribution in [0.15, 0.2) is 0 Å². The summed E-state index contributed by atoms with van der Waals surface area (Å²) >= 11 is 0. The Bertz CT molecular complexity index is 249. The fourth-order valence-corrected chi connectivity index (χ4v) is 2.69. The summed E-state index contributed by atoms with van der Waals surface area (Å²) in [6.45, 7) is 5.49. The first-order chi connectivity index (χ1) is 7.66. The molecule has 0 spiro atoms. The standard InChI is InChI=1S/C12H22N2O2/c1-9-6-10(8-13-7-9)12(16)14-4-2-11(15)3-5-14/h9-11,13,15H,2-8H2,1H3. The summed E-state index contributed by atoms with van der Waals surface area (Å²) in [7, 11) is 0. The molecule has 0 aromatic carbocycles. The van der Waals surface area contributed by atoms with Crippen molar-refractivity contribution >= 4 is 5.91 Å². The molecule has 0 aliphatic carbocycles. The average molecular weight is 226 g/mol. The molecule has 4 nitrogen and oxygen atoms in total. The van der Waals surface area contributed by atoms with E-state index >= 15 is 0 Å². The molecule has 1 amide bonds. The molecule has 4 heteroatoms. The van der Waals surface area contributed by atoms with Crippen molar-refractivity contribution in [2.24, 2.45) is 11.8 Å². The van der Waals surface area contributed by atoms with Crippen molar-refractivity contribution in [1.29, 1.82) is 0 Å². The normalized spacial score (nSPS) is 32.8. The number of carbonyl (C=O) groups is 1. The minimum Gasteiger partial charge on any atom is -0.393 e. The maximum absolute atomic E-state index is 12.2. The highest BCUT2D eigenvalue weighted by molar-refractivity contribution is 5.79. The zero-order chi connectivity index (χ0) is 11.5. The van der Waals surface area contributed by atoms with Crippen molar-refractivity contribution < 1.29 is 9.90 Å². The van der Waals surface area contributed by atoms with Gasteiger partial charge in [0.25, 0.3) is 0 Å². The Hall–Kier alpha value is -0.610. The molecule has 2 fully saturated rings. The third-order valence-electron chi connectivity index (χ3n) is 3.70. The lowest BCUT2D eigenvalue weighted by Crippen LogP contribution is -2.48. The van der Waals surface area contributed by atoms with Crippen LogP contribution in [0, 0.1) is 11.8 Å². The van der Waals surface area contributed by atoms with Crippen molar-refractivity contribution in [1.82, 2.24) is 10.2 Å². The number of nitrogens with one attached hydrogen (secondary N) is 1. The van der Waals surface area contributed by atoms with Gasteiger partial charge in [-0.1, -0.05) is 6.92 Å². The smallest absolute Gasteiger partial charge is 0.226 e. The van der Waals surface area contributed by atoms with Crippen molar-refractivity contribution in [3.05, 3.63) is 0 Å². The summed E-state index contributed by atoms with van der Waals surface area (Å²) in [4.78, 5) is 14.1. The van der Waals surface area contributed by atoms with Crippen LogP contribution < -0.4 is 5.32 Å². The second kappa shape index (κ2) is 5.15. The van der Waals surface area contributed by atoms with Gasteiger partial charge in [0, 0.05) is 19.6 Å². The molecule has 0 bridgehead atoms. The number of aliphatic hydroxyl groups excluding tert-OH is 1. The predicted molar refractivity (Wildman–Crippen MR) is 62.0 cm³/mol. The molecule has 0 aromatic heterocycles. The highest BCUT2D eigenvalue weighted by atomic mass is 16.3. The van der Waals surface area contributed by atoms with Crippen LogP contribution in [0.5, 0.6) is 0 Å². The fourth-order valence-electron chi connectivity index (χ4n) is 2.69. The Labute approximate surface area is 97.0 Å². The molecule has 2 rings (SSSR count). The topological polar surface area (TPSA) is 52.6 Å². The van der Waals surface area contributed by atoms with Gasteiger partial charge in [-0.15, -0.1) is 0 Å². The summed E-state index contributed by atoms with van der Waals surface area (Å²) in [6, 6.07) is 0. The highest BCUT2D eigenvalue weighted by Crippen LogP contribution is 2.20. The second-order valence-corrected chi connectivity index (χ2v) is 5.25. The molecule has 2 aliphatic rings. The molecule has 2 unspecified atom stereocenters. The van der Waals surface area contributed by atoms with Crippen LogP contribution in [-0.4, -0.2) is 48.2 Å². The number of amides is 1. The van der Waals surface area contributed by atoms with E-state index in [1.807, 2.05) is 4.90 Å². The number of piperidine rings is 2. The van der Waals surface area contributed by atoms with Crippen LogP contribution in [-0.2, 0) is 4.79 Å². The van der Waals surface area contributed by atoms with Gasteiger partial charge < -0.3 is 15.3 Å². The first-order valence-corrected chi connectivity index (χ1v) is 6.34. The molecule has 2 heterocycles. The number of carbonyl (C=O) groups excluding carboxylic acids is 1. The number of nitrogens with zero attached hydrogens (tertiary/aromatic N) is 1. The molecule has 2 aliphatic heterocycles. The highest BCUT2D eigenvalue weighted by Gasteiger charge is 2.30. The Morgan fingerprint density at radius 1 is 1.31 bits per heavy atom. The quantitative estimate of drug-likeness (QED) is 0.672. The van der Waals surface area contributed by atoms with Gasteiger partial charge >= 0.3 is 0 Å². The van der Waals surface area contributed by atoms with E-state index in [-0.39, 0.29) is 17.9 Å². The molecule has 2 saturated heterocycles. The molecular formula is C12H22N2O2. The van der Waals surface area contributed by atoms with E-state index in [0.717, 1.165) is 45.4 Å². The average Bonchev–Trinajstić information content (AvgIpc) is 2.29. The Morgan fingerprint density at radius 3 is 2.62 bits per heavy atom. The van der Waals surface area contributed by atoms with Crippen LogP contribution in [0.2, 0.25) is 0 Å². The van der Waals surface area contributed by atoms with E-state index in [9.17, 15) is 9.90 Å². The fraction of sp³-hybridized carbons (Fsp3) is 0.917. The van der Waals surface area contributed by atoms with Gasteiger partial charge in [0.15, 0.2) is 0 Å².